The molecule has 0 aliphatic carbocycles. The Hall–Kier alpha value is -0.200. The number of hydrogen-bond acceptors (Lipinski definition) is 3. The van der Waals surface area contributed by atoms with Gasteiger partial charge in [0, 0.05) is 5.75 Å². The fraction of sp³-hybridized carbons (Fsp3) is 0.667. The standard InChI is InChI=1S/C3H5NOS/c4-1-3(5)2-6/h3,5-6H,2H2. The molecule has 0 fully saturated rings. The van der Waals surface area contributed by atoms with Crippen molar-refractivity contribution < 1.29 is 5.11 Å². The van der Waals surface area contributed by atoms with Crippen molar-refractivity contribution in [3.63, 3.8) is 0 Å². The number of hydrogen-bond donors (Lipinski definition) is 2. The van der Waals surface area contributed by atoms with Gasteiger partial charge in [-0.05, 0) is 0 Å². The first-order valence-electron chi connectivity index (χ1n) is 1.49. The lowest BCUT2D eigenvalue weighted by atomic mass is 10.5. The second-order valence-corrected chi connectivity index (χ2v) is 1.19. The molecule has 3 heteroatoms. The number of thiol groups is 1. The van der Waals surface area contributed by atoms with E-state index in [1.54, 1.807) is 6.07 Å². The van der Waals surface area contributed by atoms with Crippen molar-refractivity contribution in [1.82, 2.24) is 0 Å². The number of rotatable bonds is 1. The van der Waals surface area contributed by atoms with E-state index in [0.717, 1.165) is 0 Å². The first-order chi connectivity index (χ1) is 2.81. The SMILES string of the molecule is N#CC(O)CS. The molecular weight excluding hydrogens is 98.1 g/mol. The molecule has 0 aromatic heterocycles. The van der Waals surface area contributed by atoms with E-state index in [4.69, 9.17) is 10.4 Å². The third kappa shape index (κ3) is 2.06. The second-order valence-electron chi connectivity index (χ2n) is 0.827. The molecule has 0 amide bonds. The first-order valence-corrected chi connectivity index (χ1v) is 2.13. The molecule has 2 nitrogen and oxygen atoms in total. The third-order valence-electron chi connectivity index (χ3n) is 0.322. The zero-order chi connectivity index (χ0) is 4.99. The average Bonchev–Trinajstić information content (AvgIpc) is 1.65. The fourth-order valence-corrected chi connectivity index (χ4v) is 0.122. The van der Waals surface area contributed by atoms with Crippen LogP contribution in [0.4, 0.5) is 0 Å². The van der Waals surface area contributed by atoms with Crippen molar-refractivity contribution in [3.05, 3.63) is 0 Å². The van der Waals surface area contributed by atoms with Crippen LogP contribution in [0.1, 0.15) is 0 Å². The highest BCUT2D eigenvalue weighted by atomic mass is 32.1. The topological polar surface area (TPSA) is 44.0 Å². The summed E-state index contributed by atoms with van der Waals surface area (Å²) in [6.45, 7) is 0. The predicted octanol–water partition coefficient (Wildman–Crippen LogP) is -0.199. The van der Waals surface area contributed by atoms with E-state index in [1.807, 2.05) is 0 Å². The monoisotopic (exact) mass is 103 g/mol. The summed E-state index contributed by atoms with van der Waals surface area (Å²) in [5, 5.41) is 16.0. The Labute approximate surface area is 41.8 Å². The number of aliphatic hydroxyl groups is 1. The Balaban J connectivity index is 3.04. The maximum absolute atomic E-state index is 8.23. The van der Waals surface area contributed by atoms with Gasteiger partial charge in [0.05, 0.1) is 6.07 Å². The van der Waals surface area contributed by atoms with Crippen molar-refractivity contribution in [1.29, 1.82) is 5.26 Å². The van der Waals surface area contributed by atoms with Crippen LogP contribution < -0.4 is 0 Å². The molecule has 1 N–H and O–H groups in total. The maximum Gasteiger partial charge on any atom is 0.149 e. The summed E-state index contributed by atoms with van der Waals surface area (Å²) >= 11 is 3.62. The van der Waals surface area contributed by atoms with E-state index in [0.29, 0.717) is 0 Å². The van der Waals surface area contributed by atoms with Gasteiger partial charge in [-0.3, -0.25) is 0 Å². The Morgan fingerprint density at radius 2 is 2.50 bits per heavy atom. The summed E-state index contributed by atoms with van der Waals surface area (Å²) in [5.41, 5.74) is 0. The number of nitrogens with zero attached hydrogens (tertiary/aromatic N) is 1. The van der Waals surface area contributed by atoms with Crippen LogP contribution in [0, 0.1) is 11.3 Å². The van der Waals surface area contributed by atoms with Gasteiger partial charge in [0.15, 0.2) is 0 Å². The summed E-state index contributed by atoms with van der Waals surface area (Å²) in [6.07, 6.45) is -0.895. The van der Waals surface area contributed by atoms with E-state index in [9.17, 15) is 0 Å². The Kier molecular flexibility index (Phi) is 2.91. The lowest BCUT2D eigenvalue weighted by Gasteiger charge is -1.86. The summed E-state index contributed by atoms with van der Waals surface area (Å²) in [4.78, 5) is 0. The van der Waals surface area contributed by atoms with Crippen LogP contribution in [0.3, 0.4) is 0 Å². The lowest BCUT2D eigenvalue weighted by Crippen LogP contribution is -2.02. The molecule has 0 saturated heterocycles. The molecule has 1 unspecified atom stereocenters. The molecule has 0 radical (unpaired) electrons. The molecule has 6 heavy (non-hydrogen) atoms. The summed E-state index contributed by atoms with van der Waals surface area (Å²) in [7, 11) is 0. The molecule has 1 atom stereocenters. The normalized spacial score (nSPS) is 12.8. The third-order valence-corrected chi connectivity index (χ3v) is 0.668. The zero-order valence-corrected chi connectivity index (χ0v) is 4.02. The van der Waals surface area contributed by atoms with Gasteiger partial charge in [-0.25, -0.2) is 0 Å². The van der Waals surface area contributed by atoms with Crippen LogP contribution in [0.2, 0.25) is 0 Å². The number of aliphatic hydroxyl groups excluding tert-OH is 1. The molecule has 0 aromatic carbocycles. The largest absolute Gasteiger partial charge is 0.377 e. The maximum atomic E-state index is 8.23. The minimum atomic E-state index is -0.895. The Morgan fingerprint density at radius 1 is 2.00 bits per heavy atom. The van der Waals surface area contributed by atoms with Crippen LogP contribution in [-0.2, 0) is 0 Å². The highest BCUT2D eigenvalue weighted by Gasteiger charge is 1.91. The quantitative estimate of drug-likeness (QED) is 0.356. The predicted molar refractivity (Wildman–Crippen MR) is 25.5 cm³/mol. The van der Waals surface area contributed by atoms with Crippen LogP contribution in [0.5, 0.6) is 0 Å². The molecule has 0 heterocycles. The van der Waals surface area contributed by atoms with Crippen LogP contribution in [0.25, 0.3) is 0 Å². The van der Waals surface area contributed by atoms with Crippen molar-refractivity contribution >= 4 is 12.6 Å². The van der Waals surface area contributed by atoms with Gasteiger partial charge in [0.2, 0.25) is 0 Å². The van der Waals surface area contributed by atoms with Gasteiger partial charge in [0.25, 0.3) is 0 Å². The lowest BCUT2D eigenvalue weighted by molar-refractivity contribution is 0.256. The highest BCUT2D eigenvalue weighted by molar-refractivity contribution is 7.80. The summed E-state index contributed by atoms with van der Waals surface area (Å²) in [5.74, 6) is 0.219. The number of nitriles is 1. The minimum absolute atomic E-state index is 0.219. The van der Waals surface area contributed by atoms with Crippen molar-refractivity contribution in [2.45, 2.75) is 6.10 Å². The molecule has 0 aromatic rings. The Morgan fingerprint density at radius 3 is 2.50 bits per heavy atom. The van der Waals surface area contributed by atoms with Crippen LogP contribution in [-0.4, -0.2) is 17.0 Å². The summed E-state index contributed by atoms with van der Waals surface area (Å²) < 4.78 is 0. The van der Waals surface area contributed by atoms with Gasteiger partial charge in [-0.15, -0.1) is 0 Å². The van der Waals surface area contributed by atoms with Gasteiger partial charge >= 0.3 is 0 Å². The van der Waals surface area contributed by atoms with Crippen molar-refractivity contribution in [3.8, 4) is 6.07 Å². The molecule has 0 aliphatic heterocycles. The molecular formula is C3H5NOS. The van der Waals surface area contributed by atoms with E-state index < -0.39 is 6.10 Å². The van der Waals surface area contributed by atoms with Crippen LogP contribution in [0.15, 0.2) is 0 Å². The minimum Gasteiger partial charge on any atom is -0.377 e. The van der Waals surface area contributed by atoms with E-state index in [-0.39, 0.29) is 5.75 Å². The van der Waals surface area contributed by atoms with Crippen LogP contribution >= 0.6 is 12.6 Å². The van der Waals surface area contributed by atoms with Gasteiger partial charge in [-0.1, -0.05) is 0 Å². The fourth-order valence-electron chi connectivity index (χ4n) is 0.0408. The second kappa shape index (κ2) is 3.01. The van der Waals surface area contributed by atoms with E-state index in [1.165, 1.54) is 0 Å². The van der Waals surface area contributed by atoms with Crippen molar-refractivity contribution in [2.75, 3.05) is 5.75 Å². The van der Waals surface area contributed by atoms with E-state index >= 15 is 0 Å². The molecule has 34 valence electrons. The molecule has 0 rings (SSSR count). The molecule has 0 bridgehead atoms. The van der Waals surface area contributed by atoms with Gasteiger partial charge in [-0.2, -0.15) is 17.9 Å². The Bertz CT molecular complexity index is 67.7. The molecule has 0 saturated carbocycles. The van der Waals surface area contributed by atoms with E-state index in [2.05, 4.69) is 12.6 Å². The van der Waals surface area contributed by atoms with Crippen molar-refractivity contribution in [2.24, 2.45) is 0 Å². The highest BCUT2D eigenvalue weighted by Crippen LogP contribution is 1.79. The molecule has 0 aliphatic rings. The first kappa shape index (κ1) is 5.80. The average molecular weight is 103 g/mol. The molecule has 0 spiro atoms. The smallest absolute Gasteiger partial charge is 0.149 e. The summed E-state index contributed by atoms with van der Waals surface area (Å²) in [6, 6.07) is 1.59. The zero-order valence-electron chi connectivity index (χ0n) is 3.13. The van der Waals surface area contributed by atoms with Gasteiger partial charge < -0.3 is 5.11 Å². The van der Waals surface area contributed by atoms with Gasteiger partial charge in [0.1, 0.15) is 6.10 Å².